The molecule has 1 aliphatic rings. The molecule has 64 valence electrons. The van der Waals surface area contributed by atoms with Gasteiger partial charge in [-0.3, -0.25) is 4.79 Å². The van der Waals surface area contributed by atoms with Gasteiger partial charge in [0.25, 0.3) is 0 Å². The SMILES string of the molecule is CC1NCC(C(C)C)NC1=O. The lowest BCUT2D eigenvalue weighted by atomic mass is 10.0. The third-order valence-electron chi connectivity index (χ3n) is 2.17. The van der Waals surface area contributed by atoms with Crippen LogP contribution in [-0.4, -0.2) is 24.5 Å². The second-order valence-corrected chi connectivity index (χ2v) is 3.49. The van der Waals surface area contributed by atoms with Gasteiger partial charge in [-0.2, -0.15) is 0 Å². The van der Waals surface area contributed by atoms with Gasteiger partial charge in [-0.05, 0) is 12.8 Å². The van der Waals surface area contributed by atoms with Gasteiger partial charge in [0, 0.05) is 12.6 Å². The molecule has 1 fully saturated rings. The molecule has 1 amide bonds. The molecule has 0 saturated carbocycles. The molecule has 0 bridgehead atoms. The van der Waals surface area contributed by atoms with Gasteiger partial charge in [-0.1, -0.05) is 13.8 Å². The van der Waals surface area contributed by atoms with Crippen molar-refractivity contribution in [3.8, 4) is 0 Å². The van der Waals surface area contributed by atoms with Crippen LogP contribution in [-0.2, 0) is 4.79 Å². The Labute approximate surface area is 67.5 Å². The minimum Gasteiger partial charge on any atom is -0.350 e. The van der Waals surface area contributed by atoms with Gasteiger partial charge in [-0.25, -0.2) is 0 Å². The van der Waals surface area contributed by atoms with Crippen LogP contribution in [0.4, 0.5) is 0 Å². The van der Waals surface area contributed by atoms with Crippen LogP contribution in [0.15, 0.2) is 0 Å². The quantitative estimate of drug-likeness (QED) is 0.566. The second-order valence-electron chi connectivity index (χ2n) is 3.49. The molecule has 0 aliphatic carbocycles. The van der Waals surface area contributed by atoms with E-state index in [1.165, 1.54) is 0 Å². The molecule has 2 N–H and O–H groups in total. The molecule has 0 aromatic heterocycles. The van der Waals surface area contributed by atoms with Gasteiger partial charge < -0.3 is 10.6 Å². The van der Waals surface area contributed by atoms with E-state index < -0.39 is 0 Å². The summed E-state index contributed by atoms with van der Waals surface area (Å²) in [6.45, 7) is 7.00. The summed E-state index contributed by atoms with van der Waals surface area (Å²) in [6.07, 6.45) is 0. The molecule has 3 heteroatoms. The van der Waals surface area contributed by atoms with Crippen molar-refractivity contribution in [3.63, 3.8) is 0 Å². The van der Waals surface area contributed by atoms with Gasteiger partial charge in [0.2, 0.25) is 5.91 Å². The fourth-order valence-corrected chi connectivity index (χ4v) is 1.16. The van der Waals surface area contributed by atoms with Gasteiger partial charge in [0.05, 0.1) is 6.04 Å². The largest absolute Gasteiger partial charge is 0.350 e. The van der Waals surface area contributed by atoms with Crippen molar-refractivity contribution in [2.24, 2.45) is 5.92 Å². The topological polar surface area (TPSA) is 41.1 Å². The molecule has 1 rings (SSSR count). The van der Waals surface area contributed by atoms with E-state index in [2.05, 4.69) is 24.5 Å². The van der Waals surface area contributed by atoms with Crippen molar-refractivity contribution in [1.82, 2.24) is 10.6 Å². The summed E-state index contributed by atoms with van der Waals surface area (Å²) < 4.78 is 0. The number of nitrogens with one attached hydrogen (secondary N) is 2. The fraction of sp³-hybridized carbons (Fsp3) is 0.875. The van der Waals surface area contributed by atoms with E-state index in [-0.39, 0.29) is 11.9 Å². The van der Waals surface area contributed by atoms with E-state index in [0.29, 0.717) is 12.0 Å². The smallest absolute Gasteiger partial charge is 0.237 e. The summed E-state index contributed by atoms with van der Waals surface area (Å²) in [4.78, 5) is 11.1. The zero-order valence-corrected chi connectivity index (χ0v) is 7.35. The van der Waals surface area contributed by atoms with Crippen LogP contribution in [0.25, 0.3) is 0 Å². The Hall–Kier alpha value is -0.570. The normalized spacial score (nSPS) is 32.2. The molecular formula is C8H16N2O. The highest BCUT2D eigenvalue weighted by Gasteiger charge is 2.25. The van der Waals surface area contributed by atoms with E-state index >= 15 is 0 Å². The van der Waals surface area contributed by atoms with Crippen molar-refractivity contribution in [1.29, 1.82) is 0 Å². The first kappa shape index (κ1) is 8.53. The Morgan fingerprint density at radius 2 is 2.18 bits per heavy atom. The maximum atomic E-state index is 11.1. The average molecular weight is 156 g/mol. The van der Waals surface area contributed by atoms with E-state index in [1.54, 1.807) is 0 Å². The fourth-order valence-electron chi connectivity index (χ4n) is 1.16. The standard InChI is InChI=1S/C8H16N2O/c1-5(2)7-4-9-6(3)8(11)10-7/h5-7,9H,4H2,1-3H3,(H,10,11). The lowest BCUT2D eigenvalue weighted by molar-refractivity contribution is -0.125. The van der Waals surface area contributed by atoms with Crippen LogP contribution >= 0.6 is 0 Å². The number of hydrogen-bond acceptors (Lipinski definition) is 2. The summed E-state index contributed by atoms with van der Waals surface area (Å²) in [5.74, 6) is 0.633. The minimum absolute atomic E-state index is 0.0231. The second kappa shape index (κ2) is 3.22. The third-order valence-corrected chi connectivity index (χ3v) is 2.17. The molecule has 0 radical (unpaired) electrons. The van der Waals surface area contributed by atoms with Gasteiger partial charge in [0.15, 0.2) is 0 Å². The Morgan fingerprint density at radius 3 is 2.64 bits per heavy atom. The summed E-state index contributed by atoms with van der Waals surface area (Å²) >= 11 is 0. The molecule has 3 nitrogen and oxygen atoms in total. The molecule has 11 heavy (non-hydrogen) atoms. The number of rotatable bonds is 1. The van der Waals surface area contributed by atoms with Gasteiger partial charge >= 0.3 is 0 Å². The lowest BCUT2D eigenvalue weighted by Crippen LogP contribution is -2.58. The van der Waals surface area contributed by atoms with Crippen LogP contribution in [0, 0.1) is 5.92 Å². The molecule has 0 aromatic carbocycles. The van der Waals surface area contributed by atoms with Crippen LogP contribution in [0.2, 0.25) is 0 Å². The van der Waals surface area contributed by atoms with Gasteiger partial charge in [-0.15, -0.1) is 0 Å². The molecule has 2 unspecified atom stereocenters. The summed E-state index contributed by atoms with van der Waals surface area (Å²) in [6, 6.07) is 0.281. The van der Waals surface area contributed by atoms with E-state index in [1.807, 2.05) is 6.92 Å². The van der Waals surface area contributed by atoms with Crippen molar-refractivity contribution < 1.29 is 4.79 Å². The zero-order valence-electron chi connectivity index (χ0n) is 7.35. The first-order valence-corrected chi connectivity index (χ1v) is 4.15. The van der Waals surface area contributed by atoms with Crippen molar-refractivity contribution in [2.45, 2.75) is 32.9 Å². The minimum atomic E-state index is -0.0231. The first-order chi connectivity index (χ1) is 5.11. The first-order valence-electron chi connectivity index (χ1n) is 4.15. The molecule has 1 aliphatic heterocycles. The maximum Gasteiger partial charge on any atom is 0.237 e. The monoisotopic (exact) mass is 156 g/mol. The Bertz CT molecular complexity index is 156. The molecule has 0 spiro atoms. The summed E-state index contributed by atoms with van der Waals surface area (Å²) in [5.41, 5.74) is 0. The van der Waals surface area contributed by atoms with Gasteiger partial charge in [0.1, 0.15) is 0 Å². The van der Waals surface area contributed by atoms with Crippen molar-refractivity contribution in [2.75, 3.05) is 6.54 Å². The molecule has 2 atom stereocenters. The summed E-state index contributed by atoms with van der Waals surface area (Å²) in [7, 11) is 0. The van der Waals surface area contributed by atoms with Crippen LogP contribution in [0.5, 0.6) is 0 Å². The highest BCUT2D eigenvalue weighted by molar-refractivity contribution is 5.82. The molecular weight excluding hydrogens is 140 g/mol. The highest BCUT2D eigenvalue weighted by Crippen LogP contribution is 2.04. The number of carbonyl (C=O) groups excluding carboxylic acids is 1. The Balaban J connectivity index is 2.46. The zero-order chi connectivity index (χ0) is 8.43. The Morgan fingerprint density at radius 1 is 1.55 bits per heavy atom. The Kier molecular flexibility index (Phi) is 2.49. The number of amides is 1. The number of hydrogen-bond donors (Lipinski definition) is 2. The maximum absolute atomic E-state index is 11.1. The number of piperazine rings is 1. The van der Waals surface area contributed by atoms with Crippen LogP contribution < -0.4 is 10.6 Å². The molecule has 1 saturated heterocycles. The highest BCUT2D eigenvalue weighted by atomic mass is 16.2. The van der Waals surface area contributed by atoms with Crippen molar-refractivity contribution in [3.05, 3.63) is 0 Å². The molecule has 0 aromatic rings. The third kappa shape index (κ3) is 1.93. The van der Waals surface area contributed by atoms with E-state index in [9.17, 15) is 4.79 Å². The molecule has 1 heterocycles. The predicted molar refractivity (Wildman–Crippen MR) is 44.2 cm³/mol. The van der Waals surface area contributed by atoms with Crippen LogP contribution in [0.1, 0.15) is 20.8 Å². The van der Waals surface area contributed by atoms with E-state index in [4.69, 9.17) is 0 Å². The predicted octanol–water partition coefficient (Wildman–Crippen LogP) is 0.119. The average Bonchev–Trinajstić information content (AvgIpc) is 1.94. The van der Waals surface area contributed by atoms with Crippen molar-refractivity contribution >= 4 is 5.91 Å². The lowest BCUT2D eigenvalue weighted by Gasteiger charge is -2.30. The van der Waals surface area contributed by atoms with Crippen LogP contribution in [0.3, 0.4) is 0 Å². The summed E-state index contributed by atoms with van der Waals surface area (Å²) in [5, 5.41) is 6.12. The number of carbonyl (C=O) groups is 1. The van der Waals surface area contributed by atoms with E-state index in [0.717, 1.165) is 6.54 Å².